The highest BCUT2D eigenvalue weighted by molar-refractivity contribution is 5.60. The van der Waals surface area contributed by atoms with Gasteiger partial charge in [0.2, 0.25) is 0 Å². The zero-order chi connectivity index (χ0) is 17.0. The molecule has 0 saturated heterocycles. The van der Waals surface area contributed by atoms with Gasteiger partial charge in [-0.15, -0.1) is 0 Å². The number of hydrogen-bond acceptors (Lipinski definition) is 4. The van der Waals surface area contributed by atoms with Crippen LogP contribution in [0.2, 0.25) is 0 Å². The van der Waals surface area contributed by atoms with Crippen LogP contribution < -0.4 is 9.47 Å². The fraction of sp³-hybridized carbons (Fsp3) is 0.556. The van der Waals surface area contributed by atoms with Crippen molar-refractivity contribution in [3.63, 3.8) is 0 Å². The van der Waals surface area contributed by atoms with E-state index in [0.29, 0.717) is 24.7 Å². The molecule has 1 rings (SSSR count). The van der Waals surface area contributed by atoms with E-state index in [2.05, 4.69) is 12.1 Å². The van der Waals surface area contributed by atoms with Crippen LogP contribution in [-0.4, -0.2) is 13.2 Å². The van der Waals surface area contributed by atoms with Crippen molar-refractivity contribution >= 4 is 0 Å². The van der Waals surface area contributed by atoms with Gasteiger partial charge in [0.1, 0.15) is 34.8 Å². The zero-order valence-electron chi connectivity index (χ0n) is 14.3. The fourth-order valence-corrected chi connectivity index (χ4v) is 1.62. The molecule has 4 heteroatoms. The summed E-state index contributed by atoms with van der Waals surface area (Å²) in [6.45, 7) is 13.2. The third-order valence-corrected chi connectivity index (χ3v) is 2.67. The Morgan fingerprint density at radius 3 is 1.32 bits per heavy atom. The lowest BCUT2D eigenvalue weighted by Crippen LogP contribution is -2.18. The Kier molecular flexibility index (Phi) is 5.44. The van der Waals surface area contributed by atoms with Gasteiger partial charge in [0.15, 0.2) is 0 Å². The van der Waals surface area contributed by atoms with Gasteiger partial charge >= 0.3 is 0 Å². The van der Waals surface area contributed by atoms with Gasteiger partial charge in [0, 0.05) is 0 Å². The maximum Gasteiger partial charge on any atom is 0.138 e. The lowest BCUT2D eigenvalue weighted by molar-refractivity contribution is 0.192. The van der Waals surface area contributed by atoms with E-state index >= 15 is 0 Å². The molecule has 0 fully saturated rings. The molecule has 0 aromatic heterocycles. The highest BCUT2D eigenvalue weighted by Crippen LogP contribution is 2.31. The van der Waals surface area contributed by atoms with Crippen molar-refractivity contribution in [2.75, 3.05) is 13.2 Å². The van der Waals surface area contributed by atoms with Gasteiger partial charge in [-0.25, -0.2) is 0 Å². The first-order valence-corrected chi connectivity index (χ1v) is 7.30. The molecule has 0 radical (unpaired) electrons. The summed E-state index contributed by atoms with van der Waals surface area (Å²) in [5.41, 5.74) is 0.415. The third-order valence-electron chi connectivity index (χ3n) is 2.67. The third kappa shape index (κ3) is 5.30. The van der Waals surface area contributed by atoms with Crippen LogP contribution in [0.3, 0.4) is 0 Å². The van der Waals surface area contributed by atoms with Gasteiger partial charge < -0.3 is 9.47 Å². The Morgan fingerprint density at radius 1 is 0.773 bits per heavy atom. The summed E-state index contributed by atoms with van der Waals surface area (Å²) in [4.78, 5) is 0. The number of nitriles is 2. The SMILES string of the molecule is CC(C)(C)COc1ccc(OCC(C)(C)C)c(C#N)c1C#N. The summed E-state index contributed by atoms with van der Waals surface area (Å²) in [6, 6.07) is 7.52. The summed E-state index contributed by atoms with van der Waals surface area (Å²) in [5, 5.41) is 18.8. The van der Waals surface area contributed by atoms with E-state index < -0.39 is 0 Å². The number of nitrogens with zero attached hydrogens (tertiary/aromatic N) is 2. The summed E-state index contributed by atoms with van der Waals surface area (Å²) in [6.07, 6.45) is 0. The summed E-state index contributed by atoms with van der Waals surface area (Å²) >= 11 is 0. The molecular formula is C18H24N2O2. The van der Waals surface area contributed by atoms with Gasteiger partial charge in [0.05, 0.1) is 13.2 Å². The molecule has 0 aliphatic carbocycles. The molecule has 118 valence electrons. The Morgan fingerprint density at radius 2 is 1.09 bits per heavy atom. The van der Waals surface area contributed by atoms with Crippen molar-refractivity contribution in [3.8, 4) is 23.6 Å². The van der Waals surface area contributed by atoms with Crippen LogP contribution in [0.5, 0.6) is 11.5 Å². The van der Waals surface area contributed by atoms with Gasteiger partial charge in [-0.3, -0.25) is 0 Å². The normalized spacial score (nSPS) is 11.5. The van der Waals surface area contributed by atoms with E-state index in [-0.39, 0.29) is 22.0 Å². The van der Waals surface area contributed by atoms with Crippen molar-refractivity contribution in [2.45, 2.75) is 41.5 Å². The van der Waals surface area contributed by atoms with Crippen LogP contribution in [-0.2, 0) is 0 Å². The topological polar surface area (TPSA) is 66.0 Å². The Bertz CT molecular complexity index is 553. The van der Waals surface area contributed by atoms with Crippen LogP contribution in [0.1, 0.15) is 52.7 Å². The van der Waals surface area contributed by atoms with E-state index in [1.807, 2.05) is 41.5 Å². The molecule has 0 aliphatic heterocycles. The first-order valence-electron chi connectivity index (χ1n) is 7.30. The zero-order valence-corrected chi connectivity index (χ0v) is 14.3. The quantitative estimate of drug-likeness (QED) is 0.832. The summed E-state index contributed by atoms with van der Waals surface area (Å²) < 4.78 is 11.4. The van der Waals surface area contributed by atoms with E-state index in [4.69, 9.17) is 9.47 Å². The molecule has 1 aromatic carbocycles. The summed E-state index contributed by atoms with van der Waals surface area (Å²) in [7, 11) is 0. The predicted octanol–water partition coefficient (Wildman–Crippen LogP) is 4.28. The van der Waals surface area contributed by atoms with Crippen LogP contribution >= 0.6 is 0 Å². The van der Waals surface area contributed by atoms with Crippen LogP contribution in [0.4, 0.5) is 0 Å². The molecule has 0 unspecified atom stereocenters. The molecule has 4 nitrogen and oxygen atoms in total. The molecule has 0 aliphatic rings. The van der Waals surface area contributed by atoms with Crippen molar-refractivity contribution in [1.29, 1.82) is 10.5 Å². The van der Waals surface area contributed by atoms with E-state index in [1.165, 1.54) is 0 Å². The molecule has 0 amide bonds. The molecule has 22 heavy (non-hydrogen) atoms. The standard InChI is InChI=1S/C18H24N2O2/c1-17(2,3)11-21-15-7-8-16(22-12-18(4,5)6)14(10-20)13(15)9-19/h7-8H,11-12H2,1-6H3. The van der Waals surface area contributed by atoms with Gasteiger partial charge in [-0.05, 0) is 23.0 Å². The number of benzene rings is 1. The highest BCUT2D eigenvalue weighted by atomic mass is 16.5. The maximum atomic E-state index is 9.38. The van der Waals surface area contributed by atoms with E-state index in [0.717, 1.165) is 0 Å². The van der Waals surface area contributed by atoms with E-state index in [9.17, 15) is 10.5 Å². The maximum absolute atomic E-state index is 9.38. The smallest absolute Gasteiger partial charge is 0.138 e. The van der Waals surface area contributed by atoms with Gasteiger partial charge in [-0.1, -0.05) is 41.5 Å². The average molecular weight is 300 g/mol. The van der Waals surface area contributed by atoms with Crippen LogP contribution in [0.15, 0.2) is 12.1 Å². The lowest BCUT2D eigenvalue weighted by atomic mass is 9.98. The van der Waals surface area contributed by atoms with Crippen molar-refractivity contribution < 1.29 is 9.47 Å². The monoisotopic (exact) mass is 300 g/mol. The van der Waals surface area contributed by atoms with Crippen molar-refractivity contribution in [1.82, 2.24) is 0 Å². The Balaban J connectivity index is 3.10. The molecule has 0 bridgehead atoms. The second kappa shape index (κ2) is 6.71. The minimum Gasteiger partial charge on any atom is -0.492 e. The second-order valence-electron chi connectivity index (χ2n) is 7.73. The number of ether oxygens (including phenoxy) is 2. The van der Waals surface area contributed by atoms with Gasteiger partial charge in [-0.2, -0.15) is 10.5 Å². The minimum atomic E-state index is -0.0268. The Labute approximate surface area is 133 Å². The predicted molar refractivity (Wildman–Crippen MR) is 85.8 cm³/mol. The minimum absolute atomic E-state index is 0.0268. The highest BCUT2D eigenvalue weighted by Gasteiger charge is 2.19. The second-order valence-corrected chi connectivity index (χ2v) is 7.73. The Hall–Kier alpha value is -2.20. The van der Waals surface area contributed by atoms with Crippen molar-refractivity contribution in [2.24, 2.45) is 10.8 Å². The molecule has 0 saturated carbocycles. The first kappa shape index (κ1) is 17.9. The summed E-state index contributed by atoms with van der Waals surface area (Å²) in [5.74, 6) is 0.856. The molecule has 0 heterocycles. The number of rotatable bonds is 4. The van der Waals surface area contributed by atoms with Gasteiger partial charge in [0.25, 0.3) is 0 Å². The largest absolute Gasteiger partial charge is 0.492 e. The van der Waals surface area contributed by atoms with E-state index in [1.54, 1.807) is 12.1 Å². The molecule has 1 aromatic rings. The van der Waals surface area contributed by atoms with Crippen LogP contribution in [0.25, 0.3) is 0 Å². The molecule has 0 N–H and O–H groups in total. The average Bonchev–Trinajstić information content (AvgIpc) is 2.40. The lowest BCUT2D eigenvalue weighted by Gasteiger charge is -2.21. The molecule has 0 spiro atoms. The van der Waals surface area contributed by atoms with Crippen LogP contribution in [0, 0.1) is 33.5 Å². The molecule has 0 atom stereocenters. The fourth-order valence-electron chi connectivity index (χ4n) is 1.62. The van der Waals surface area contributed by atoms with Crippen molar-refractivity contribution in [3.05, 3.63) is 23.3 Å². The molecular weight excluding hydrogens is 276 g/mol. The number of hydrogen-bond donors (Lipinski definition) is 0. The first-order chi connectivity index (χ1) is 10.1.